The first-order chi connectivity index (χ1) is 10.7. The molecule has 22 heavy (non-hydrogen) atoms. The van der Waals surface area contributed by atoms with Crippen LogP contribution >= 0.6 is 0 Å². The van der Waals surface area contributed by atoms with E-state index in [-0.39, 0.29) is 11.7 Å². The number of nitrogens with one attached hydrogen (secondary N) is 1. The summed E-state index contributed by atoms with van der Waals surface area (Å²) in [7, 11) is 0. The number of carbonyl (C=O) groups is 1. The zero-order valence-corrected chi connectivity index (χ0v) is 11.6. The summed E-state index contributed by atoms with van der Waals surface area (Å²) in [4.78, 5) is 16.3. The van der Waals surface area contributed by atoms with Crippen LogP contribution in [-0.2, 0) is 0 Å². The van der Waals surface area contributed by atoms with Crippen LogP contribution in [0.4, 0.5) is 0 Å². The third-order valence-corrected chi connectivity index (χ3v) is 3.08. The van der Waals surface area contributed by atoms with Gasteiger partial charge in [-0.15, -0.1) is 0 Å². The molecule has 1 heterocycles. The largest absolute Gasteiger partial charge is 0.508 e. The van der Waals surface area contributed by atoms with Gasteiger partial charge < -0.3 is 5.11 Å². The van der Waals surface area contributed by atoms with Gasteiger partial charge in [-0.1, -0.05) is 36.4 Å². The fourth-order valence-corrected chi connectivity index (χ4v) is 2.02. The van der Waals surface area contributed by atoms with Crippen molar-refractivity contribution in [2.75, 3.05) is 0 Å². The van der Waals surface area contributed by atoms with Crippen LogP contribution in [0.25, 0.3) is 10.9 Å². The van der Waals surface area contributed by atoms with Crippen molar-refractivity contribution >= 4 is 23.0 Å². The summed E-state index contributed by atoms with van der Waals surface area (Å²) in [5.41, 5.74) is 4.16. The topological polar surface area (TPSA) is 74.6 Å². The molecule has 0 spiro atoms. The molecule has 0 radical (unpaired) electrons. The number of nitrogens with zero attached hydrogens (tertiary/aromatic N) is 2. The Labute approximate surface area is 126 Å². The minimum absolute atomic E-state index is 0.145. The summed E-state index contributed by atoms with van der Waals surface area (Å²) in [6, 6.07) is 17.6. The van der Waals surface area contributed by atoms with Crippen molar-refractivity contribution in [2.45, 2.75) is 0 Å². The van der Waals surface area contributed by atoms with E-state index in [1.165, 1.54) is 6.21 Å². The fraction of sp³-hybridized carbons (Fsp3) is 0. The molecule has 2 aromatic carbocycles. The Hall–Kier alpha value is -3.21. The van der Waals surface area contributed by atoms with Gasteiger partial charge in [-0.3, -0.25) is 4.79 Å². The normalized spacial score (nSPS) is 10.9. The van der Waals surface area contributed by atoms with Gasteiger partial charge in [-0.25, -0.2) is 10.4 Å². The molecule has 5 nitrogen and oxygen atoms in total. The lowest BCUT2D eigenvalue weighted by Gasteiger charge is -2.01. The number of rotatable bonds is 3. The van der Waals surface area contributed by atoms with Crippen LogP contribution in [-0.4, -0.2) is 22.2 Å². The van der Waals surface area contributed by atoms with Crippen molar-refractivity contribution < 1.29 is 9.90 Å². The SMILES string of the molecule is O=C(N/N=C/c1cccc(O)c1)c1ccc2ccccc2n1. The fourth-order valence-electron chi connectivity index (χ4n) is 2.02. The van der Waals surface area contributed by atoms with Crippen LogP contribution in [0.15, 0.2) is 65.8 Å². The number of aromatic nitrogens is 1. The molecular formula is C17H13N3O2. The number of aromatic hydroxyl groups is 1. The first-order valence-electron chi connectivity index (χ1n) is 6.70. The Bertz CT molecular complexity index is 859. The predicted molar refractivity (Wildman–Crippen MR) is 84.9 cm³/mol. The van der Waals surface area contributed by atoms with Crippen molar-refractivity contribution in [3.05, 3.63) is 71.9 Å². The number of carbonyl (C=O) groups excluding carboxylic acids is 1. The zero-order valence-electron chi connectivity index (χ0n) is 11.6. The first-order valence-corrected chi connectivity index (χ1v) is 6.70. The molecule has 0 aliphatic heterocycles. The number of hydrogen-bond acceptors (Lipinski definition) is 4. The molecule has 0 fully saturated rings. The number of phenolic OH excluding ortho intramolecular Hbond substituents is 1. The van der Waals surface area contributed by atoms with Gasteiger partial charge >= 0.3 is 0 Å². The Morgan fingerprint density at radius 1 is 1.09 bits per heavy atom. The Kier molecular flexibility index (Phi) is 3.78. The average Bonchev–Trinajstić information content (AvgIpc) is 2.54. The second-order valence-corrected chi connectivity index (χ2v) is 4.68. The number of fused-ring (bicyclic) bond motifs is 1. The maximum absolute atomic E-state index is 12.0. The molecule has 108 valence electrons. The molecule has 0 aliphatic rings. The summed E-state index contributed by atoms with van der Waals surface area (Å²) < 4.78 is 0. The molecule has 3 aromatic rings. The molecule has 0 bridgehead atoms. The van der Waals surface area contributed by atoms with Crippen LogP contribution in [0, 0.1) is 0 Å². The maximum atomic E-state index is 12.0. The molecule has 5 heteroatoms. The summed E-state index contributed by atoms with van der Waals surface area (Å²) >= 11 is 0. The Morgan fingerprint density at radius 2 is 1.95 bits per heavy atom. The molecule has 0 aliphatic carbocycles. The molecule has 1 amide bonds. The van der Waals surface area contributed by atoms with E-state index >= 15 is 0 Å². The van der Waals surface area contributed by atoms with Crippen molar-refractivity contribution in [1.82, 2.24) is 10.4 Å². The number of phenols is 1. The van der Waals surface area contributed by atoms with Crippen LogP contribution in [0.5, 0.6) is 5.75 Å². The monoisotopic (exact) mass is 291 g/mol. The van der Waals surface area contributed by atoms with E-state index in [0.717, 1.165) is 10.9 Å². The summed E-state index contributed by atoms with van der Waals surface area (Å²) in [6.07, 6.45) is 1.46. The van der Waals surface area contributed by atoms with Crippen molar-refractivity contribution in [3.63, 3.8) is 0 Å². The number of para-hydroxylation sites is 1. The van der Waals surface area contributed by atoms with Gasteiger partial charge in [-0.2, -0.15) is 5.10 Å². The number of amides is 1. The number of benzene rings is 2. The van der Waals surface area contributed by atoms with Gasteiger partial charge in [0.2, 0.25) is 0 Å². The van der Waals surface area contributed by atoms with Gasteiger partial charge in [-0.05, 0) is 29.8 Å². The zero-order chi connectivity index (χ0) is 15.4. The highest BCUT2D eigenvalue weighted by molar-refractivity contribution is 5.95. The quantitative estimate of drug-likeness (QED) is 0.575. The van der Waals surface area contributed by atoms with Crippen molar-refractivity contribution in [1.29, 1.82) is 0 Å². The van der Waals surface area contributed by atoms with Crippen molar-refractivity contribution in [2.24, 2.45) is 5.10 Å². The molecule has 0 saturated carbocycles. The van der Waals surface area contributed by atoms with Crippen LogP contribution < -0.4 is 5.43 Å². The number of hydrogen-bond donors (Lipinski definition) is 2. The molecule has 0 unspecified atom stereocenters. The van der Waals surface area contributed by atoms with Gasteiger partial charge in [0.1, 0.15) is 11.4 Å². The lowest BCUT2D eigenvalue weighted by atomic mass is 10.2. The summed E-state index contributed by atoms with van der Waals surface area (Å²) in [5.74, 6) is -0.242. The van der Waals surface area contributed by atoms with Gasteiger partial charge in [0.15, 0.2) is 0 Å². The Balaban J connectivity index is 1.73. The van der Waals surface area contributed by atoms with E-state index in [0.29, 0.717) is 11.3 Å². The van der Waals surface area contributed by atoms with Gasteiger partial charge in [0.25, 0.3) is 5.91 Å². The number of pyridine rings is 1. The average molecular weight is 291 g/mol. The van der Waals surface area contributed by atoms with Gasteiger partial charge in [0, 0.05) is 5.39 Å². The number of hydrazone groups is 1. The first kappa shape index (κ1) is 13.8. The summed E-state index contributed by atoms with van der Waals surface area (Å²) in [6.45, 7) is 0. The molecule has 2 N–H and O–H groups in total. The highest BCUT2D eigenvalue weighted by Gasteiger charge is 2.06. The van der Waals surface area contributed by atoms with Gasteiger partial charge in [0.05, 0.1) is 11.7 Å². The van der Waals surface area contributed by atoms with E-state index in [1.54, 1.807) is 30.3 Å². The van der Waals surface area contributed by atoms with Crippen LogP contribution in [0.1, 0.15) is 16.1 Å². The minimum Gasteiger partial charge on any atom is -0.508 e. The van der Waals surface area contributed by atoms with E-state index in [2.05, 4.69) is 15.5 Å². The second-order valence-electron chi connectivity index (χ2n) is 4.68. The maximum Gasteiger partial charge on any atom is 0.289 e. The third kappa shape index (κ3) is 3.09. The van der Waals surface area contributed by atoms with E-state index < -0.39 is 0 Å². The highest BCUT2D eigenvalue weighted by Crippen LogP contribution is 2.12. The molecule has 1 aromatic heterocycles. The lowest BCUT2D eigenvalue weighted by molar-refractivity contribution is 0.0950. The smallest absolute Gasteiger partial charge is 0.289 e. The standard InChI is InChI=1S/C17H13N3O2/c21-14-6-3-4-12(10-14)11-18-20-17(22)16-9-8-13-5-1-2-7-15(13)19-16/h1-11,21H,(H,20,22)/b18-11+. The third-order valence-electron chi connectivity index (χ3n) is 3.08. The van der Waals surface area contributed by atoms with E-state index in [9.17, 15) is 9.90 Å². The van der Waals surface area contributed by atoms with E-state index in [1.807, 2.05) is 30.3 Å². The highest BCUT2D eigenvalue weighted by atomic mass is 16.3. The second kappa shape index (κ2) is 6.05. The molecule has 3 rings (SSSR count). The molecular weight excluding hydrogens is 278 g/mol. The lowest BCUT2D eigenvalue weighted by Crippen LogP contribution is -2.18. The van der Waals surface area contributed by atoms with Crippen LogP contribution in [0.3, 0.4) is 0 Å². The molecule has 0 atom stereocenters. The van der Waals surface area contributed by atoms with E-state index in [4.69, 9.17) is 0 Å². The summed E-state index contributed by atoms with van der Waals surface area (Å²) in [5, 5.41) is 14.2. The van der Waals surface area contributed by atoms with Crippen LogP contribution in [0.2, 0.25) is 0 Å². The predicted octanol–water partition coefficient (Wildman–Crippen LogP) is 2.70. The van der Waals surface area contributed by atoms with Crippen molar-refractivity contribution in [3.8, 4) is 5.75 Å². The Morgan fingerprint density at radius 3 is 2.82 bits per heavy atom. The minimum atomic E-state index is -0.387. The molecule has 0 saturated heterocycles.